The van der Waals surface area contributed by atoms with Crippen LogP contribution in [0.5, 0.6) is 17.2 Å². The molecule has 3 aromatic carbocycles. The van der Waals surface area contributed by atoms with E-state index in [-0.39, 0.29) is 15.7 Å². The Labute approximate surface area is 209 Å². The smallest absolute Gasteiger partial charge is 0.339 e. The van der Waals surface area contributed by atoms with Crippen LogP contribution in [0.15, 0.2) is 70.7 Å². The number of amides is 1. The molecule has 0 heterocycles. The van der Waals surface area contributed by atoms with E-state index in [1.807, 2.05) is 13.8 Å². The van der Waals surface area contributed by atoms with Crippen molar-refractivity contribution < 1.29 is 26.9 Å². The zero-order valence-electron chi connectivity index (χ0n) is 19.4. The highest BCUT2D eigenvalue weighted by atomic mass is 35.5. The van der Waals surface area contributed by atoms with Gasteiger partial charge in [-0.25, -0.2) is 5.43 Å². The van der Waals surface area contributed by atoms with Crippen molar-refractivity contribution in [3.8, 4) is 17.2 Å². The lowest BCUT2D eigenvalue weighted by Gasteiger charge is -2.11. The summed E-state index contributed by atoms with van der Waals surface area (Å²) in [5, 5.41) is 4.00. The summed E-state index contributed by atoms with van der Waals surface area (Å²) in [5.41, 5.74) is 4.21. The third-order valence-electron chi connectivity index (χ3n) is 4.73. The van der Waals surface area contributed by atoms with Crippen LogP contribution in [0.2, 0.25) is 5.02 Å². The lowest BCUT2D eigenvalue weighted by Crippen LogP contribution is -2.17. The molecule has 0 unspecified atom stereocenters. The molecule has 0 atom stereocenters. The minimum absolute atomic E-state index is 0.0223. The number of halogens is 1. The van der Waals surface area contributed by atoms with Crippen molar-refractivity contribution in [2.75, 3.05) is 13.7 Å². The second-order valence-electron chi connectivity index (χ2n) is 7.45. The lowest BCUT2D eigenvalue weighted by molar-refractivity contribution is 0.0954. The van der Waals surface area contributed by atoms with Gasteiger partial charge in [0.1, 0.15) is 4.90 Å². The molecule has 3 aromatic rings. The Morgan fingerprint density at radius 1 is 1.03 bits per heavy atom. The Kier molecular flexibility index (Phi) is 8.73. The third kappa shape index (κ3) is 6.97. The van der Waals surface area contributed by atoms with Crippen LogP contribution in [0.25, 0.3) is 0 Å². The standard InChI is InChI=1S/C25H25ClN2O6S/c1-4-13-33-23-12-8-19(15-24(23)32-3)25(29)28-27-16-18-7-11-22(21(26)14-18)34-35(30,31)20-9-5-17(2)6-10-20/h5-12,14-16H,4,13H2,1-3H3,(H,28,29)/b27-16+. The number of hydrazone groups is 1. The van der Waals surface area contributed by atoms with E-state index in [0.29, 0.717) is 29.2 Å². The van der Waals surface area contributed by atoms with Gasteiger partial charge in [0.25, 0.3) is 5.91 Å². The van der Waals surface area contributed by atoms with Gasteiger partial charge in [-0.2, -0.15) is 13.5 Å². The van der Waals surface area contributed by atoms with E-state index in [4.69, 9.17) is 25.3 Å². The van der Waals surface area contributed by atoms with E-state index < -0.39 is 16.0 Å². The number of carbonyl (C=O) groups excluding carboxylic acids is 1. The van der Waals surface area contributed by atoms with Crippen molar-refractivity contribution in [3.05, 3.63) is 82.4 Å². The number of nitrogens with one attached hydrogen (secondary N) is 1. The van der Waals surface area contributed by atoms with Crippen LogP contribution in [-0.4, -0.2) is 34.3 Å². The van der Waals surface area contributed by atoms with Crippen molar-refractivity contribution in [2.45, 2.75) is 25.2 Å². The predicted molar refractivity (Wildman–Crippen MR) is 134 cm³/mol. The zero-order valence-corrected chi connectivity index (χ0v) is 21.0. The normalized spacial score (nSPS) is 11.3. The number of nitrogens with zero attached hydrogens (tertiary/aromatic N) is 1. The second-order valence-corrected chi connectivity index (χ2v) is 9.41. The van der Waals surface area contributed by atoms with Gasteiger partial charge in [-0.05, 0) is 67.4 Å². The summed E-state index contributed by atoms with van der Waals surface area (Å²) in [7, 11) is -2.54. The Morgan fingerprint density at radius 2 is 1.74 bits per heavy atom. The lowest BCUT2D eigenvalue weighted by atomic mass is 10.2. The number of aryl methyl sites for hydroxylation is 1. The number of benzene rings is 3. The van der Waals surface area contributed by atoms with Gasteiger partial charge in [-0.1, -0.05) is 36.2 Å². The fourth-order valence-corrected chi connectivity index (χ4v) is 4.13. The van der Waals surface area contributed by atoms with Crippen molar-refractivity contribution in [1.29, 1.82) is 0 Å². The van der Waals surface area contributed by atoms with Gasteiger partial charge in [0, 0.05) is 5.56 Å². The molecule has 8 nitrogen and oxygen atoms in total. The third-order valence-corrected chi connectivity index (χ3v) is 6.28. The number of hydrogen-bond donors (Lipinski definition) is 1. The maximum absolute atomic E-state index is 12.5. The van der Waals surface area contributed by atoms with E-state index in [1.165, 1.54) is 37.6 Å². The Morgan fingerprint density at radius 3 is 2.40 bits per heavy atom. The Balaban J connectivity index is 1.65. The molecule has 0 spiro atoms. The van der Waals surface area contributed by atoms with Crippen LogP contribution in [0, 0.1) is 6.92 Å². The summed E-state index contributed by atoms with van der Waals surface area (Å²) in [6.45, 7) is 4.39. The van der Waals surface area contributed by atoms with Crippen LogP contribution in [0.4, 0.5) is 0 Å². The molecule has 0 aliphatic rings. The van der Waals surface area contributed by atoms with Crippen LogP contribution in [0.1, 0.15) is 34.8 Å². The van der Waals surface area contributed by atoms with Crippen molar-refractivity contribution in [3.63, 3.8) is 0 Å². The quantitative estimate of drug-likeness (QED) is 0.231. The fourth-order valence-electron chi connectivity index (χ4n) is 2.91. The van der Waals surface area contributed by atoms with Gasteiger partial charge in [-0.3, -0.25) is 4.79 Å². The number of rotatable bonds is 10. The molecule has 0 fully saturated rings. The number of carbonyl (C=O) groups is 1. The second kappa shape index (κ2) is 11.7. The maximum Gasteiger partial charge on any atom is 0.339 e. The van der Waals surface area contributed by atoms with E-state index in [9.17, 15) is 13.2 Å². The number of hydrogen-bond acceptors (Lipinski definition) is 7. The molecule has 0 bridgehead atoms. The predicted octanol–water partition coefficient (Wildman–Crippen LogP) is 4.98. The summed E-state index contributed by atoms with van der Waals surface area (Å²) in [4.78, 5) is 12.5. The number of methoxy groups -OCH3 is 1. The molecule has 184 valence electrons. The van der Waals surface area contributed by atoms with Gasteiger partial charge in [0.05, 0.1) is 25.0 Å². The maximum atomic E-state index is 12.5. The molecule has 0 aliphatic carbocycles. The summed E-state index contributed by atoms with van der Waals surface area (Å²) >= 11 is 6.21. The minimum atomic E-state index is -4.03. The molecule has 0 saturated carbocycles. The zero-order chi connectivity index (χ0) is 25.4. The topological polar surface area (TPSA) is 103 Å². The molecule has 10 heteroatoms. The first-order chi connectivity index (χ1) is 16.7. The SMILES string of the molecule is CCCOc1ccc(C(=O)N/N=C/c2ccc(OS(=O)(=O)c3ccc(C)cc3)c(Cl)c2)cc1OC. The molecular weight excluding hydrogens is 492 g/mol. The molecule has 35 heavy (non-hydrogen) atoms. The first kappa shape index (κ1) is 26.1. The van der Waals surface area contributed by atoms with E-state index in [1.54, 1.807) is 36.4 Å². The molecule has 1 N–H and O–H groups in total. The number of ether oxygens (including phenoxy) is 2. The summed E-state index contributed by atoms with van der Waals surface area (Å²) in [6, 6.07) is 15.6. The molecule has 0 radical (unpaired) electrons. The summed E-state index contributed by atoms with van der Waals surface area (Å²) in [6.07, 6.45) is 2.22. The molecule has 1 amide bonds. The summed E-state index contributed by atoms with van der Waals surface area (Å²) in [5.74, 6) is 0.525. The molecule has 0 saturated heterocycles. The van der Waals surface area contributed by atoms with Crippen LogP contribution >= 0.6 is 11.6 Å². The highest BCUT2D eigenvalue weighted by Gasteiger charge is 2.18. The fraction of sp³-hybridized carbons (Fsp3) is 0.200. The summed E-state index contributed by atoms with van der Waals surface area (Å²) < 4.78 is 41.0. The monoisotopic (exact) mass is 516 g/mol. The molecular formula is C25H25ClN2O6S. The molecule has 0 aliphatic heterocycles. The van der Waals surface area contributed by atoms with Gasteiger partial charge in [-0.15, -0.1) is 0 Å². The Hall–Kier alpha value is -3.56. The average molecular weight is 517 g/mol. The average Bonchev–Trinajstić information content (AvgIpc) is 2.84. The molecule has 0 aromatic heterocycles. The van der Waals surface area contributed by atoms with E-state index in [2.05, 4.69) is 10.5 Å². The van der Waals surface area contributed by atoms with Crippen molar-refractivity contribution >= 4 is 33.8 Å². The van der Waals surface area contributed by atoms with Crippen LogP contribution in [0.3, 0.4) is 0 Å². The minimum Gasteiger partial charge on any atom is -0.493 e. The van der Waals surface area contributed by atoms with Crippen LogP contribution < -0.4 is 19.1 Å². The van der Waals surface area contributed by atoms with Gasteiger partial charge >= 0.3 is 10.1 Å². The van der Waals surface area contributed by atoms with Crippen molar-refractivity contribution in [1.82, 2.24) is 5.43 Å². The van der Waals surface area contributed by atoms with Crippen LogP contribution in [-0.2, 0) is 10.1 Å². The highest BCUT2D eigenvalue weighted by Crippen LogP contribution is 2.29. The van der Waals surface area contributed by atoms with Gasteiger partial charge in [0.2, 0.25) is 0 Å². The van der Waals surface area contributed by atoms with E-state index >= 15 is 0 Å². The van der Waals surface area contributed by atoms with Crippen molar-refractivity contribution in [2.24, 2.45) is 5.10 Å². The molecule has 3 rings (SSSR count). The first-order valence-electron chi connectivity index (χ1n) is 10.7. The Bertz CT molecular complexity index is 1320. The van der Waals surface area contributed by atoms with Gasteiger partial charge in [0.15, 0.2) is 17.2 Å². The first-order valence-corrected chi connectivity index (χ1v) is 12.5. The largest absolute Gasteiger partial charge is 0.493 e. The van der Waals surface area contributed by atoms with Gasteiger partial charge < -0.3 is 13.7 Å². The van der Waals surface area contributed by atoms with E-state index in [0.717, 1.165) is 12.0 Å². The highest BCUT2D eigenvalue weighted by molar-refractivity contribution is 7.87.